The SMILES string of the molecule is O=CNCc1cc2c3ccccc3nc(SCC3CCN(CC(=O)N4CCC(Oc5ccccc5)CC4)CC3)n2n1. The molecule has 0 unspecified atom stereocenters. The molecule has 41 heavy (non-hydrogen) atoms. The number of nitrogens with one attached hydrogen (secondary N) is 1. The summed E-state index contributed by atoms with van der Waals surface area (Å²) in [7, 11) is 0. The van der Waals surface area contributed by atoms with Crippen LogP contribution in [0.2, 0.25) is 0 Å². The molecule has 10 heteroatoms. The van der Waals surface area contributed by atoms with Crippen LogP contribution >= 0.6 is 11.8 Å². The normalized spacial score (nSPS) is 17.2. The summed E-state index contributed by atoms with van der Waals surface area (Å²) in [6.45, 7) is 4.29. The van der Waals surface area contributed by atoms with E-state index < -0.39 is 0 Å². The summed E-state index contributed by atoms with van der Waals surface area (Å²) in [5.41, 5.74) is 2.76. The summed E-state index contributed by atoms with van der Waals surface area (Å²) < 4.78 is 8.00. The molecule has 2 saturated heterocycles. The van der Waals surface area contributed by atoms with Gasteiger partial charge in [0.2, 0.25) is 12.3 Å². The Bertz CT molecular complexity index is 1480. The molecule has 1 N–H and O–H groups in total. The molecular formula is C31H36N6O3S. The number of carbonyl (C=O) groups excluding carboxylic acids is 2. The van der Waals surface area contributed by atoms with E-state index >= 15 is 0 Å². The number of likely N-dealkylation sites (tertiary alicyclic amines) is 2. The number of benzene rings is 2. The van der Waals surface area contributed by atoms with Crippen molar-refractivity contribution in [1.29, 1.82) is 0 Å². The number of para-hydroxylation sites is 2. The van der Waals surface area contributed by atoms with Gasteiger partial charge in [0, 0.05) is 37.1 Å². The van der Waals surface area contributed by atoms with Gasteiger partial charge in [-0.1, -0.05) is 48.2 Å². The molecular weight excluding hydrogens is 536 g/mol. The first kappa shape index (κ1) is 27.5. The summed E-state index contributed by atoms with van der Waals surface area (Å²) in [6.07, 6.45) is 4.76. The van der Waals surface area contributed by atoms with Gasteiger partial charge in [-0.3, -0.25) is 14.5 Å². The molecule has 214 valence electrons. The lowest BCUT2D eigenvalue weighted by atomic mass is 9.99. The van der Waals surface area contributed by atoms with E-state index in [-0.39, 0.29) is 12.0 Å². The zero-order chi connectivity index (χ0) is 28.0. The van der Waals surface area contributed by atoms with Crippen molar-refractivity contribution in [3.8, 4) is 5.75 Å². The quantitative estimate of drug-likeness (QED) is 0.174. The van der Waals surface area contributed by atoms with Crippen molar-refractivity contribution in [2.75, 3.05) is 38.5 Å². The second kappa shape index (κ2) is 12.9. The predicted octanol–water partition coefficient (Wildman–Crippen LogP) is 4.00. The third-order valence-electron chi connectivity index (χ3n) is 8.06. The topological polar surface area (TPSA) is 92.1 Å². The molecule has 2 amide bonds. The molecule has 2 fully saturated rings. The fourth-order valence-corrected chi connectivity index (χ4v) is 6.88. The minimum absolute atomic E-state index is 0.175. The van der Waals surface area contributed by atoms with Crippen LogP contribution in [0.1, 0.15) is 31.4 Å². The van der Waals surface area contributed by atoms with E-state index in [9.17, 15) is 9.59 Å². The Hall–Kier alpha value is -3.63. The van der Waals surface area contributed by atoms with Crippen LogP contribution in [-0.4, -0.2) is 81.3 Å². The van der Waals surface area contributed by atoms with Crippen LogP contribution in [0, 0.1) is 5.92 Å². The van der Waals surface area contributed by atoms with Gasteiger partial charge in [-0.15, -0.1) is 0 Å². The number of rotatable bonds is 10. The Kier molecular flexibility index (Phi) is 8.67. The molecule has 4 aromatic rings. The monoisotopic (exact) mass is 572 g/mol. The molecule has 6 rings (SSSR count). The molecule has 0 aliphatic carbocycles. The highest BCUT2D eigenvalue weighted by Gasteiger charge is 2.27. The molecule has 0 saturated carbocycles. The zero-order valence-corrected chi connectivity index (χ0v) is 24.0. The van der Waals surface area contributed by atoms with E-state index in [1.54, 1.807) is 11.8 Å². The smallest absolute Gasteiger partial charge is 0.236 e. The zero-order valence-electron chi connectivity index (χ0n) is 23.2. The van der Waals surface area contributed by atoms with Crippen molar-refractivity contribution in [3.63, 3.8) is 0 Å². The van der Waals surface area contributed by atoms with Crippen LogP contribution in [0.5, 0.6) is 5.75 Å². The van der Waals surface area contributed by atoms with Crippen LogP contribution in [0.15, 0.2) is 65.8 Å². The van der Waals surface area contributed by atoms with Gasteiger partial charge in [0.25, 0.3) is 0 Å². The summed E-state index contributed by atoms with van der Waals surface area (Å²) in [5, 5.41) is 9.35. The van der Waals surface area contributed by atoms with Crippen LogP contribution < -0.4 is 10.1 Å². The Morgan fingerprint density at radius 2 is 1.76 bits per heavy atom. The van der Waals surface area contributed by atoms with E-state index in [0.717, 1.165) is 90.6 Å². The summed E-state index contributed by atoms with van der Waals surface area (Å²) in [4.78, 5) is 33.0. The lowest BCUT2D eigenvalue weighted by molar-refractivity contribution is -0.134. The van der Waals surface area contributed by atoms with Gasteiger partial charge in [-0.25, -0.2) is 9.50 Å². The van der Waals surface area contributed by atoms with Crippen LogP contribution in [-0.2, 0) is 16.1 Å². The summed E-state index contributed by atoms with van der Waals surface area (Å²) >= 11 is 1.74. The number of thioether (sulfide) groups is 1. The number of carbonyl (C=O) groups is 2. The van der Waals surface area contributed by atoms with Crippen molar-refractivity contribution in [2.24, 2.45) is 5.92 Å². The maximum atomic E-state index is 13.0. The maximum Gasteiger partial charge on any atom is 0.236 e. The van der Waals surface area contributed by atoms with E-state index in [4.69, 9.17) is 14.8 Å². The Morgan fingerprint density at radius 1 is 1.00 bits per heavy atom. The van der Waals surface area contributed by atoms with Gasteiger partial charge in [-0.05, 0) is 56.1 Å². The molecule has 9 nitrogen and oxygen atoms in total. The van der Waals surface area contributed by atoms with Crippen LogP contribution in [0.4, 0.5) is 0 Å². The number of ether oxygens (including phenoxy) is 1. The lowest BCUT2D eigenvalue weighted by Gasteiger charge is -2.35. The molecule has 2 aliphatic rings. The first-order valence-electron chi connectivity index (χ1n) is 14.5. The standard InChI is InChI=1S/C31H36N6O3S/c38-22-32-19-24-18-29-27-8-4-5-9-28(27)33-31(37(29)34-24)41-21-23-10-14-35(15-11-23)20-30(39)36-16-12-26(13-17-36)40-25-6-2-1-3-7-25/h1-9,18,22-23,26H,10-17,19-21H2,(H,32,38). The van der Waals surface area contributed by atoms with E-state index in [1.165, 1.54) is 0 Å². The van der Waals surface area contributed by atoms with Crippen LogP contribution in [0.3, 0.4) is 0 Å². The van der Waals surface area contributed by atoms with Crippen molar-refractivity contribution >= 4 is 40.5 Å². The average Bonchev–Trinajstić information content (AvgIpc) is 3.45. The molecule has 0 atom stereocenters. The molecule has 2 aliphatic heterocycles. The van der Waals surface area contributed by atoms with Gasteiger partial charge >= 0.3 is 0 Å². The maximum absolute atomic E-state index is 13.0. The highest BCUT2D eigenvalue weighted by Crippen LogP contribution is 2.29. The number of hydrogen-bond donors (Lipinski definition) is 1. The van der Waals surface area contributed by atoms with Crippen molar-refractivity contribution < 1.29 is 14.3 Å². The number of nitrogens with zero attached hydrogens (tertiary/aromatic N) is 5. The lowest BCUT2D eigenvalue weighted by Crippen LogP contribution is -2.47. The minimum atomic E-state index is 0.175. The van der Waals surface area contributed by atoms with E-state index in [1.807, 2.05) is 64.0 Å². The van der Waals surface area contributed by atoms with E-state index in [0.29, 0.717) is 25.4 Å². The average molecular weight is 573 g/mol. The fraction of sp³-hybridized carbons (Fsp3) is 0.419. The first-order valence-corrected chi connectivity index (χ1v) is 15.4. The van der Waals surface area contributed by atoms with Crippen LogP contribution in [0.25, 0.3) is 16.4 Å². The van der Waals surface area contributed by atoms with Gasteiger partial charge < -0.3 is 15.0 Å². The van der Waals surface area contributed by atoms with Gasteiger partial charge in [0.15, 0.2) is 5.16 Å². The third-order valence-corrected chi connectivity index (χ3v) is 9.22. The Labute approximate surface area is 244 Å². The second-order valence-electron chi connectivity index (χ2n) is 10.9. The van der Waals surface area contributed by atoms with Crippen molar-refractivity contribution in [3.05, 3.63) is 66.4 Å². The highest BCUT2D eigenvalue weighted by atomic mass is 32.2. The van der Waals surface area contributed by atoms with E-state index in [2.05, 4.69) is 16.3 Å². The summed E-state index contributed by atoms with van der Waals surface area (Å²) in [5.74, 6) is 2.66. The fourth-order valence-electron chi connectivity index (χ4n) is 5.74. The third kappa shape index (κ3) is 6.65. The molecule has 2 aromatic carbocycles. The molecule has 0 bridgehead atoms. The predicted molar refractivity (Wildman–Crippen MR) is 160 cm³/mol. The summed E-state index contributed by atoms with van der Waals surface area (Å²) in [6, 6.07) is 20.1. The van der Waals surface area contributed by atoms with Gasteiger partial charge in [0.05, 0.1) is 29.8 Å². The highest BCUT2D eigenvalue weighted by molar-refractivity contribution is 7.99. The molecule has 0 spiro atoms. The number of hydrogen-bond acceptors (Lipinski definition) is 7. The number of fused-ring (bicyclic) bond motifs is 3. The van der Waals surface area contributed by atoms with Crippen molar-refractivity contribution in [2.45, 2.75) is 43.5 Å². The number of aromatic nitrogens is 3. The Balaban J connectivity index is 0.986. The number of piperidine rings is 2. The van der Waals surface area contributed by atoms with Gasteiger partial charge in [-0.2, -0.15) is 5.10 Å². The second-order valence-corrected chi connectivity index (χ2v) is 11.9. The first-order chi connectivity index (χ1) is 20.2. The molecule has 0 radical (unpaired) electrons. The molecule has 2 aromatic heterocycles. The minimum Gasteiger partial charge on any atom is -0.490 e. The Morgan fingerprint density at radius 3 is 2.54 bits per heavy atom. The van der Waals surface area contributed by atoms with Gasteiger partial charge in [0.1, 0.15) is 11.9 Å². The molecule has 4 heterocycles. The number of amides is 2. The largest absolute Gasteiger partial charge is 0.490 e. The van der Waals surface area contributed by atoms with Crippen molar-refractivity contribution in [1.82, 2.24) is 29.7 Å².